The van der Waals surface area contributed by atoms with Crippen molar-refractivity contribution in [3.8, 4) is 5.75 Å². The normalized spacial score (nSPS) is 16.0. The van der Waals surface area contributed by atoms with Gasteiger partial charge in [0.15, 0.2) is 0 Å². The summed E-state index contributed by atoms with van der Waals surface area (Å²) in [5, 5.41) is 0. The summed E-state index contributed by atoms with van der Waals surface area (Å²) in [6, 6.07) is 8.16. The SMILES string of the molecule is Cc1ccc(S(=O)(=O)N2CC(Oc3cc(C)oc(=O)c3)C2)c(C)c1. The molecule has 0 saturated carbocycles. The van der Waals surface area contributed by atoms with E-state index in [0.717, 1.165) is 11.1 Å². The molecule has 0 unspecified atom stereocenters. The van der Waals surface area contributed by atoms with E-state index in [1.807, 2.05) is 13.0 Å². The predicted octanol–water partition coefficient (Wildman–Crippen LogP) is 2.02. The minimum absolute atomic E-state index is 0.259. The molecule has 1 saturated heterocycles. The molecule has 6 nitrogen and oxygen atoms in total. The van der Waals surface area contributed by atoms with Gasteiger partial charge >= 0.3 is 5.63 Å². The molecule has 7 heteroatoms. The van der Waals surface area contributed by atoms with Crippen LogP contribution in [0.2, 0.25) is 0 Å². The molecular weight excluding hydrogens is 330 g/mol. The molecule has 0 aliphatic carbocycles. The maximum Gasteiger partial charge on any atom is 0.339 e. The topological polar surface area (TPSA) is 76.8 Å². The maximum absolute atomic E-state index is 12.7. The van der Waals surface area contributed by atoms with Crippen LogP contribution >= 0.6 is 0 Å². The lowest BCUT2D eigenvalue weighted by Gasteiger charge is -2.38. The summed E-state index contributed by atoms with van der Waals surface area (Å²) in [5.41, 5.74) is 1.27. The van der Waals surface area contributed by atoms with Crippen molar-refractivity contribution in [2.45, 2.75) is 31.8 Å². The van der Waals surface area contributed by atoms with Crippen molar-refractivity contribution >= 4 is 10.0 Å². The van der Waals surface area contributed by atoms with Crippen LogP contribution in [0.25, 0.3) is 0 Å². The van der Waals surface area contributed by atoms with Crippen LogP contribution < -0.4 is 10.4 Å². The quantitative estimate of drug-likeness (QED) is 0.844. The van der Waals surface area contributed by atoms with Gasteiger partial charge in [-0.05, 0) is 32.4 Å². The molecule has 1 aromatic heterocycles. The van der Waals surface area contributed by atoms with Gasteiger partial charge in [0.2, 0.25) is 10.0 Å². The lowest BCUT2D eigenvalue weighted by molar-refractivity contribution is 0.0754. The van der Waals surface area contributed by atoms with E-state index >= 15 is 0 Å². The maximum atomic E-state index is 12.7. The Morgan fingerprint density at radius 3 is 2.46 bits per heavy atom. The van der Waals surface area contributed by atoms with E-state index in [-0.39, 0.29) is 19.2 Å². The molecule has 1 aliphatic heterocycles. The van der Waals surface area contributed by atoms with Gasteiger partial charge in [-0.3, -0.25) is 0 Å². The second-order valence-electron chi connectivity index (χ2n) is 6.05. The number of rotatable bonds is 4. The minimum Gasteiger partial charge on any atom is -0.487 e. The molecule has 0 spiro atoms. The van der Waals surface area contributed by atoms with Crippen LogP contribution in [0.15, 0.2) is 44.4 Å². The molecule has 3 rings (SSSR count). The summed E-state index contributed by atoms with van der Waals surface area (Å²) in [6.45, 7) is 5.89. The fourth-order valence-electron chi connectivity index (χ4n) is 2.74. The molecule has 1 fully saturated rings. The van der Waals surface area contributed by atoms with Crippen LogP contribution in [-0.2, 0) is 10.0 Å². The van der Waals surface area contributed by atoms with E-state index in [1.165, 1.54) is 10.4 Å². The fraction of sp³-hybridized carbons (Fsp3) is 0.353. The zero-order valence-corrected chi connectivity index (χ0v) is 14.6. The van der Waals surface area contributed by atoms with Gasteiger partial charge in [0.1, 0.15) is 17.6 Å². The Labute approximate surface area is 140 Å². The van der Waals surface area contributed by atoms with Crippen LogP contribution in [0.4, 0.5) is 0 Å². The number of nitrogens with zero attached hydrogens (tertiary/aromatic N) is 1. The third-order valence-electron chi connectivity index (χ3n) is 3.93. The van der Waals surface area contributed by atoms with Gasteiger partial charge in [-0.25, -0.2) is 13.2 Å². The molecule has 1 aliphatic rings. The Bertz CT molecular complexity index is 926. The van der Waals surface area contributed by atoms with E-state index in [4.69, 9.17) is 9.15 Å². The first-order valence-corrected chi connectivity index (χ1v) is 9.05. The van der Waals surface area contributed by atoms with Gasteiger partial charge in [0.25, 0.3) is 0 Å². The molecule has 2 aromatic rings. The Morgan fingerprint density at radius 1 is 1.12 bits per heavy atom. The van der Waals surface area contributed by atoms with E-state index in [9.17, 15) is 13.2 Å². The zero-order valence-electron chi connectivity index (χ0n) is 13.8. The van der Waals surface area contributed by atoms with Crippen molar-refractivity contribution in [1.82, 2.24) is 4.31 Å². The Hall–Kier alpha value is -2.12. The Morgan fingerprint density at radius 2 is 1.83 bits per heavy atom. The summed E-state index contributed by atoms with van der Waals surface area (Å²) < 4.78 is 37.2. The smallest absolute Gasteiger partial charge is 0.339 e. The average Bonchev–Trinajstić information content (AvgIpc) is 2.40. The largest absolute Gasteiger partial charge is 0.487 e. The molecule has 0 radical (unpaired) electrons. The summed E-state index contributed by atoms with van der Waals surface area (Å²) in [7, 11) is -3.52. The lowest BCUT2D eigenvalue weighted by Crippen LogP contribution is -2.56. The molecule has 0 N–H and O–H groups in total. The summed E-state index contributed by atoms with van der Waals surface area (Å²) >= 11 is 0. The standard InChI is InChI=1S/C17H19NO5S/c1-11-4-5-16(12(2)6-11)24(20,21)18-9-15(10-18)23-14-7-13(3)22-17(19)8-14/h4-8,15H,9-10H2,1-3H3. The lowest BCUT2D eigenvalue weighted by atomic mass is 10.2. The monoisotopic (exact) mass is 349 g/mol. The third kappa shape index (κ3) is 3.22. The van der Waals surface area contributed by atoms with Crippen LogP contribution in [0, 0.1) is 20.8 Å². The van der Waals surface area contributed by atoms with Crippen molar-refractivity contribution in [2.24, 2.45) is 0 Å². The number of hydrogen-bond acceptors (Lipinski definition) is 5. The zero-order chi connectivity index (χ0) is 17.5. The van der Waals surface area contributed by atoms with Crippen molar-refractivity contribution in [2.75, 3.05) is 13.1 Å². The Kier molecular flexibility index (Phi) is 4.23. The molecule has 1 aromatic carbocycles. The second kappa shape index (κ2) is 6.07. The van der Waals surface area contributed by atoms with Crippen molar-refractivity contribution in [1.29, 1.82) is 0 Å². The van der Waals surface area contributed by atoms with Crippen LogP contribution in [0.1, 0.15) is 16.9 Å². The molecule has 2 heterocycles. The molecular formula is C17H19NO5S. The number of ether oxygens (including phenoxy) is 1. The molecule has 0 atom stereocenters. The highest BCUT2D eigenvalue weighted by atomic mass is 32.2. The number of aryl methyl sites for hydroxylation is 3. The fourth-order valence-corrected chi connectivity index (χ4v) is 4.44. The summed E-state index contributed by atoms with van der Waals surface area (Å²) in [6.07, 6.45) is -0.272. The van der Waals surface area contributed by atoms with Gasteiger partial charge in [0, 0.05) is 6.07 Å². The Balaban J connectivity index is 1.70. The molecule has 128 valence electrons. The van der Waals surface area contributed by atoms with Gasteiger partial charge in [0.05, 0.1) is 24.1 Å². The summed E-state index contributed by atoms with van der Waals surface area (Å²) in [5.74, 6) is 0.855. The van der Waals surface area contributed by atoms with Crippen molar-refractivity contribution in [3.05, 3.63) is 57.6 Å². The number of benzene rings is 1. The minimum atomic E-state index is -3.52. The van der Waals surface area contributed by atoms with Gasteiger partial charge in [-0.1, -0.05) is 17.7 Å². The molecule has 0 bridgehead atoms. The molecule has 24 heavy (non-hydrogen) atoms. The van der Waals surface area contributed by atoms with E-state index in [1.54, 1.807) is 32.0 Å². The first kappa shape index (κ1) is 16.7. The van der Waals surface area contributed by atoms with Crippen LogP contribution in [-0.4, -0.2) is 31.9 Å². The average molecular weight is 349 g/mol. The van der Waals surface area contributed by atoms with E-state index in [2.05, 4.69) is 0 Å². The summed E-state index contributed by atoms with van der Waals surface area (Å²) in [4.78, 5) is 11.6. The third-order valence-corrected chi connectivity index (χ3v) is 5.92. The van der Waals surface area contributed by atoms with Gasteiger partial charge in [-0.15, -0.1) is 0 Å². The highest BCUT2D eigenvalue weighted by Gasteiger charge is 2.38. The van der Waals surface area contributed by atoms with Crippen LogP contribution in [0.3, 0.4) is 0 Å². The van der Waals surface area contributed by atoms with Crippen molar-refractivity contribution < 1.29 is 17.6 Å². The van der Waals surface area contributed by atoms with Crippen LogP contribution in [0.5, 0.6) is 5.75 Å². The van der Waals surface area contributed by atoms with E-state index < -0.39 is 15.6 Å². The second-order valence-corrected chi connectivity index (χ2v) is 7.96. The highest BCUT2D eigenvalue weighted by Crippen LogP contribution is 2.27. The highest BCUT2D eigenvalue weighted by molar-refractivity contribution is 7.89. The van der Waals surface area contributed by atoms with Gasteiger partial charge < -0.3 is 9.15 Å². The van der Waals surface area contributed by atoms with E-state index in [0.29, 0.717) is 16.4 Å². The van der Waals surface area contributed by atoms with Crippen molar-refractivity contribution in [3.63, 3.8) is 0 Å². The number of hydrogen-bond donors (Lipinski definition) is 0. The molecule has 0 amide bonds. The van der Waals surface area contributed by atoms with Gasteiger partial charge in [-0.2, -0.15) is 4.31 Å². The first-order valence-electron chi connectivity index (χ1n) is 7.61. The number of sulfonamides is 1. The predicted molar refractivity (Wildman–Crippen MR) is 88.8 cm³/mol. The first-order chi connectivity index (χ1) is 11.3.